The molecule has 5 nitrogen and oxygen atoms in total. The average Bonchev–Trinajstić information content (AvgIpc) is 2.80. The lowest BCUT2D eigenvalue weighted by molar-refractivity contribution is -0.136. The molecule has 3 atom stereocenters. The molecule has 3 N–H and O–H groups in total. The predicted molar refractivity (Wildman–Crippen MR) is 131 cm³/mol. The number of fused-ring (bicyclic) bond motifs is 1. The van der Waals surface area contributed by atoms with Crippen LogP contribution in [-0.4, -0.2) is 35.2 Å². The van der Waals surface area contributed by atoms with Crippen LogP contribution in [0.1, 0.15) is 36.6 Å². The van der Waals surface area contributed by atoms with Crippen molar-refractivity contribution in [3.63, 3.8) is 0 Å². The first-order valence-electron chi connectivity index (χ1n) is 11.3. The fraction of sp³-hybridized carbons (Fsp3) is 0.333. The smallest absolute Gasteiger partial charge is 0.307 e. The van der Waals surface area contributed by atoms with E-state index in [-0.39, 0.29) is 30.1 Å². The summed E-state index contributed by atoms with van der Waals surface area (Å²) in [6, 6.07) is 8.54. The number of hydrogen-bond donors (Lipinski definition) is 3. The third kappa shape index (κ3) is 6.39. The Labute approximate surface area is 195 Å². The molecule has 0 unspecified atom stereocenters. The number of halogens is 1. The molecule has 0 bridgehead atoms. The number of carboxylic acids is 1. The number of carboxylic acid groups (broad SMARTS) is 1. The van der Waals surface area contributed by atoms with Gasteiger partial charge in [-0.2, -0.15) is 0 Å². The minimum Gasteiger partial charge on any atom is -0.481 e. The largest absolute Gasteiger partial charge is 0.481 e. The van der Waals surface area contributed by atoms with Crippen LogP contribution in [-0.2, 0) is 17.6 Å². The molecular formula is C27H32FN3O2. The molecule has 174 valence electrons. The van der Waals surface area contributed by atoms with Crippen LogP contribution in [0.5, 0.6) is 0 Å². The number of rotatable bonds is 10. The third-order valence-corrected chi connectivity index (χ3v) is 5.99. The molecule has 1 aromatic carbocycles. The van der Waals surface area contributed by atoms with Crippen molar-refractivity contribution in [2.75, 3.05) is 18.4 Å². The Morgan fingerprint density at radius 1 is 1.42 bits per heavy atom. The van der Waals surface area contributed by atoms with Gasteiger partial charge < -0.3 is 15.7 Å². The second-order valence-corrected chi connectivity index (χ2v) is 8.46. The monoisotopic (exact) mass is 449 g/mol. The second-order valence-electron chi connectivity index (χ2n) is 8.46. The van der Waals surface area contributed by atoms with Crippen molar-refractivity contribution in [1.82, 2.24) is 10.3 Å². The molecule has 0 amide bonds. The van der Waals surface area contributed by atoms with E-state index in [1.807, 2.05) is 44.3 Å². The molecule has 0 radical (unpaired) electrons. The summed E-state index contributed by atoms with van der Waals surface area (Å²) in [6.07, 6.45) is 10.4. The van der Waals surface area contributed by atoms with E-state index in [9.17, 15) is 9.18 Å². The molecule has 2 heterocycles. The number of nitrogens with zero attached hydrogens (tertiary/aromatic N) is 1. The molecular weight excluding hydrogens is 417 g/mol. The predicted octanol–water partition coefficient (Wildman–Crippen LogP) is 4.88. The zero-order valence-corrected chi connectivity index (χ0v) is 19.2. The third-order valence-electron chi connectivity index (χ3n) is 5.99. The number of hydrogen-bond acceptors (Lipinski definition) is 4. The summed E-state index contributed by atoms with van der Waals surface area (Å²) >= 11 is 0. The lowest BCUT2D eigenvalue weighted by Crippen LogP contribution is -2.44. The lowest BCUT2D eigenvalue weighted by atomic mass is 9.85. The Morgan fingerprint density at radius 2 is 2.24 bits per heavy atom. The highest BCUT2D eigenvalue weighted by molar-refractivity contribution is 5.70. The van der Waals surface area contributed by atoms with Gasteiger partial charge in [0.25, 0.3) is 0 Å². The molecule has 3 rings (SSSR count). The van der Waals surface area contributed by atoms with Gasteiger partial charge in [-0.05, 0) is 54.2 Å². The Bertz CT molecular complexity index is 1050. The quantitative estimate of drug-likeness (QED) is 0.451. The van der Waals surface area contributed by atoms with E-state index in [0.29, 0.717) is 17.7 Å². The maximum atomic E-state index is 14.6. The maximum absolute atomic E-state index is 14.6. The number of nitrogens with one attached hydrogen (secondary N) is 2. The van der Waals surface area contributed by atoms with Crippen LogP contribution in [0.25, 0.3) is 0 Å². The van der Waals surface area contributed by atoms with Crippen molar-refractivity contribution in [2.45, 2.75) is 38.6 Å². The number of allylic oxidation sites excluding steroid dienone is 3. The van der Waals surface area contributed by atoms with Gasteiger partial charge in [-0.3, -0.25) is 9.78 Å². The molecule has 1 aromatic heterocycles. The molecule has 6 heteroatoms. The Hall–Kier alpha value is -3.25. The Morgan fingerprint density at radius 3 is 2.97 bits per heavy atom. The van der Waals surface area contributed by atoms with Crippen LogP contribution >= 0.6 is 0 Å². The summed E-state index contributed by atoms with van der Waals surface area (Å²) < 4.78 is 14.6. The van der Waals surface area contributed by atoms with Crippen molar-refractivity contribution in [3.05, 3.63) is 95.6 Å². The number of benzene rings is 1. The Kier molecular flexibility index (Phi) is 8.55. The fourth-order valence-corrected chi connectivity index (χ4v) is 4.38. The van der Waals surface area contributed by atoms with Gasteiger partial charge in [-0.25, -0.2) is 4.39 Å². The molecule has 0 saturated heterocycles. The van der Waals surface area contributed by atoms with Crippen molar-refractivity contribution in [1.29, 1.82) is 0 Å². The number of aromatic nitrogens is 1. The number of anilines is 1. The molecule has 1 aliphatic rings. The zero-order chi connectivity index (χ0) is 23.8. The van der Waals surface area contributed by atoms with Crippen LogP contribution in [0.3, 0.4) is 0 Å². The van der Waals surface area contributed by atoms with Crippen LogP contribution in [0.15, 0.2) is 73.0 Å². The van der Waals surface area contributed by atoms with Gasteiger partial charge in [0.1, 0.15) is 5.82 Å². The summed E-state index contributed by atoms with van der Waals surface area (Å²) in [4.78, 5) is 15.6. The molecule has 1 aliphatic heterocycles. The Balaban J connectivity index is 1.82. The molecule has 0 spiro atoms. The van der Waals surface area contributed by atoms with E-state index in [1.165, 1.54) is 12.1 Å². The van der Waals surface area contributed by atoms with Gasteiger partial charge >= 0.3 is 5.97 Å². The standard InChI is InChI=1S/C27H32FN3O2/c1-4-7-20(8-5-2)27(21-15-25-24(30-17-21)9-6-12-29-25)31-16-18(3)22-13-19(14-26(32)33)10-11-23(22)28/h4-13,18,21,27,30-31H,1,14-17H2,2-3H3,(H,32,33)/b8-5-,20-7+/t18-,21+,27+/m0/s1. The summed E-state index contributed by atoms with van der Waals surface area (Å²) in [5, 5.41) is 16.2. The normalized spacial score (nSPS) is 17.8. The molecule has 0 aliphatic carbocycles. The SMILES string of the molecule is C=C/C=C(\C=C/C)[C@@H](NC[C@H](C)c1cc(CC(=O)O)ccc1F)[C@H]1CNc2cccnc2C1. The zero-order valence-electron chi connectivity index (χ0n) is 19.2. The van der Waals surface area contributed by atoms with E-state index in [0.717, 1.165) is 29.9 Å². The van der Waals surface area contributed by atoms with Gasteiger partial charge in [-0.15, -0.1) is 0 Å². The van der Waals surface area contributed by atoms with E-state index >= 15 is 0 Å². The highest BCUT2D eigenvalue weighted by Gasteiger charge is 2.29. The summed E-state index contributed by atoms with van der Waals surface area (Å²) in [7, 11) is 0. The highest BCUT2D eigenvalue weighted by atomic mass is 19.1. The van der Waals surface area contributed by atoms with Crippen LogP contribution in [0.4, 0.5) is 10.1 Å². The molecule has 0 saturated carbocycles. The summed E-state index contributed by atoms with van der Waals surface area (Å²) in [5.41, 5.74) is 4.33. The van der Waals surface area contributed by atoms with Crippen LogP contribution in [0.2, 0.25) is 0 Å². The number of pyridine rings is 1. The molecule has 33 heavy (non-hydrogen) atoms. The summed E-state index contributed by atoms with van der Waals surface area (Å²) in [5.74, 6) is -1.14. The van der Waals surface area contributed by atoms with Crippen LogP contribution < -0.4 is 10.6 Å². The van der Waals surface area contributed by atoms with Gasteiger partial charge in [0.2, 0.25) is 0 Å². The first-order chi connectivity index (χ1) is 15.9. The number of carbonyl (C=O) groups is 1. The molecule has 0 fully saturated rings. The minimum absolute atomic E-state index is 0.00886. The van der Waals surface area contributed by atoms with Gasteiger partial charge in [0.05, 0.1) is 17.8 Å². The topological polar surface area (TPSA) is 74.2 Å². The average molecular weight is 450 g/mol. The maximum Gasteiger partial charge on any atom is 0.307 e. The van der Waals surface area contributed by atoms with E-state index < -0.39 is 5.97 Å². The van der Waals surface area contributed by atoms with Gasteiger partial charge in [0.15, 0.2) is 0 Å². The highest BCUT2D eigenvalue weighted by Crippen LogP contribution is 2.28. The van der Waals surface area contributed by atoms with E-state index in [4.69, 9.17) is 5.11 Å². The van der Waals surface area contributed by atoms with Gasteiger partial charge in [-0.1, -0.05) is 49.9 Å². The lowest BCUT2D eigenvalue weighted by Gasteiger charge is -2.34. The van der Waals surface area contributed by atoms with E-state index in [2.05, 4.69) is 28.3 Å². The second kappa shape index (κ2) is 11.6. The van der Waals surface area contributed by atoms with Crippen molar-refractivity contribution < 1.29 is 14.3 Å². The van der Waals surface area contributed by atoms with Crippen molar-refractivity contribution in [3.8, 4) is 0 Å². The molecule has 2 aromatic rings. The van der Waals surface area contributed by atoms with Gasteiger partial charge in [0, 0.05) is 31.2 Å². The van der Waals surface area contributed by atoms with Crippen LogP contribution in [0, 0.1) is 11.7 Å². The van der Waals surface area contributed by atoms with Crippen molar-refractivity contribution >= 4 is 11.7 Å². The van der Waals surface area contributed by atoms with Crippen molar-refractivity contribution in [2.24, 2.45) is 5.92 Å². The number of aliphatic carboxylic acids is 1. The minimum atomic E-state index is -0.928. The first kappa shape index (κ1) is 24.4. The first-order valence-corrected chi connectivity index (χ1v) is 11.3. The van der Waals surface area contributed by atoms with E-state index in [1.54, 1.807) is 12.1 Å². The fourth-order valence-electron chi connectivity index (χ4n) is 4.38. The summed E-state index contributed by atoms with van der Waals surface area (Å²) in [6.45, 7) is 9.13.